The van der Waals surface area contributed by atoms with Crippen LogP contribution < -0.4 is 0 Å². The van der Waals surface area contributed by atoms with Crippen molar-refractivity contribution >= 4 is 29.5 Å². The molecule has 0 N–H and O–H groups in total. The second-order valence-electron chi connectivity index (χ2n) is 6.45. The van der Waals surface area contributed by atoms with Gasteiger partial charge in [0.1, 0.15) is 5.82 Å². The van der Waals surface area contributed by atoms with Gasteiger partial charge in [-0.3, -0.25) is 0 Å². The fraction of sp³-hybridized carbons (Fsp3) is 0.318. The van der Waals surface area contributed by atoms with Crippen molar-refractivity contribution in [2.45, 2.75) is 48.9 Å². The van der Waals surface area contributed by atoms with Crippen molar-refractivity contribution in [2.24, 2.45) is 0 Å². The van der Waals surface area contributed by atoms with Gasteiger partial charge in [0.2, 0.25) is 0 Å². The number of aryl methyl sites for hydroxylation is 1. The third-order valence-corrected chi connectivity index (χ3v) is 6.38. The zero-order valence-corrected chi connectivity index (χ0v) is 18.6. The molecule has 0 aliphatic carbocycles. The van der Waals surface area contributed by atoms with Gasteiger partial charge in [0.05, 0.1) is 17.9 Å². The number of esters is 1. The molecule has 1 heterocycles. The number of hydrogen-bond donors (Lipinski definition) is 0. The molecule has 152 valence electrons. The summed E-state index contributed by atoms with van der Waals surface area (Å²) in [4.78, 5) is 13.0. The van der Waals surface area contributed by atoms with Crippen LogP contribution in [0.3, 0.4) is 0 Å². The average molecular weight is 428 g/mol. The molecule has 3 rings (SSSR count). The van der Waals surface area contributed by atoms with Crippen molar-refractivity contribution in [1.29, 1.82) is 0 Å². The molecular formula is C22H25N3O2S2. The van der Waals surface area contributed by atoms with E-state index in [1.807, 2.05) is 24.3 Å². The van der Waals surface area contributed by atoms with Gasteiger partial charge in [-0.1, -0.05) is 41.6 Å². The number of carbonyl (C=O) groups is 1. The van der Waals surface area contributed by atoms with E-state index in [1.54, 1.807) is 30.4 Å². The van der Waals surface area contributed by atoms with E-state index in [0.717, 1.165) is 34.6 Å². The predicted octanol–water partition coefficient (Wildman–Crippen LogP) is 5.37. The average Bonchev–Trinajstić information content (AvgIpc) is 3.14. The number of hydrogen-bond acceptors (Lipinski definition) is 6. The summed E-state index contributed by atoms with van der Waals surface area (Å²) in [6.45, 7) is 7.23. The lowest BCUT2D eigenvalue weighted by atomic mass is 10.1. The van der Waals surface area contributed by atoms with Gasteiger partial charge < -0.3 is 9.30 Å². The molecule has 29 heavy (non-hydrogen) atoms. The van der Waals surface area contributed by atoms with Crippen molar-refractivity contribution in [3.05, 3.63) is 71.0 Å². The Labute approximate surface area is 180 Å². The maximum absolute atomic E-state index is 11.8. The highest BCUT2D eigenvalue weighted by molar-refractivity contribution is 7.98. The fourth-order valence-corrected chi connectivity index (χ4v) is 4.55. The van der Waals surface area contributed by atoms with Gasteiger partial charge in [-0.25, -0.2) is 4.79 Å². The molecule has 0 unspecified atom stereocenters. The summed E-state index contributed by atoms with van der Waals surface area (Å²) < 4.78 is 7.19. The fourth-order valence-electron chi connectivity index (χ4n) is 2.73. The van der Waals surface area contributed by atoms with Gasteiger partial charge in [-0.2, -0.15) is 0 Å². The molecule has 0 fully saturated rings. The summed E-state index contributed by atoms with van der Waals surface area (Å²) in [5.41, 5.74) is 2.97. The lowest BCUT2D eigenvalue weighted by molar-refractivity contribution is 0.0526. The Bertz CT molecular complexity index is 938. The lowest BCUT2D eigenvalue weighted by Gasteiger charge is -2.08. The van der Waals surface area contributed by atoms with Crippen LogP contribution in [0.4, 0.5) is 0 Å². The molecule has 0 radical (unpaired) electrons. The molecule has 0 bridgehead atoms. The molecule has 1 aromatic heterocycles. The standard InChI is InChI=1S/C22H25N3O2S2/c1-4-25-20(15-28-19-12-6-16(3)7-13-19)23-24-22(25)29-14-17-8-10-18(11-9-17)21(26)27-5-2/h6-13H,4-5,14-15H2,1-3H3. The van der Waals surface area contributed by atoms with Crippen molar-refractivity contribution in [3.63, 3.8) is 0 Å². The van der Waals surface area contributed by atoms with Crippen LogP contribution in [0.1, 0.15) is 41.2 Å². The molecule has 0 spiro atoms. The van der Waals surface area contributed by atoms with Gasteiger partial charge in [-0.05, 0) is 50.6 Å². The second-order valence-corrected chi connectivity index (χ2v) is 8.44. The van der Waals surface area contributed by atoms with Crippen molar-refractivity contribution < 1.29 is 9.53 Å². The first-order valence-electron chi connectivity index (χ1n) is 9.61. The summed E-state index contributed by atoms with van der Waals surface area (Å²) in [6, 6.07) is 16.1. The highest BCUT2D eigenvalue weighted by Crippen LogP contribution is 2.26. The van der Waals surface area contributed by atoms with Crippen LogP contribution in [0, 0.1) is 6.92 Å². The monoisotopic (exact) mass is 427 g/mol. The summed E-state index contributed by atoms with van der Waals surface area (Å²) in [5.74, 6) is 2.26. The molecule has 0 aliphatic heterocycles. The largest absolute Gasteiger partial charge is 0.462 e. The number of carbonyl (C=O) groups excluding carboxylic acids is 1. The van der Waals surface area contributed by atoms with Gasteiger partial charge in [0.25, 0.3) is 0 Å². The summed E-state index contributed by atoms with van der Waals surface area (Å²) >= 11 is 3.43. The van der Waals surface area contributed by atoms with Crippen LogP contribution in [0.5, 0.6) is 0 Å². The zero-order valence-electron chi connectivity index (χ0n) is 16.9. The Morgan fingerprint density at radius 3 is 2.34 bits per heavy atom. The first-order valence-corrected chi connectivity index (χ1v) is 11.6. The maximum atomic E-state index is 11.8. The van der Waals surface area contributed by atoms with Crippen LogP contribution in [0.25, 0.3) is 0 Å². The van der Waals surface area contributed by atoms with E-state index in [4.69, 9.17) is 4.74 Å². The topological polar surface area (TPSA) is 57.0 Å². The van der Waals surface area contributed by atoms with Crippen molar-refractivity contribution in [1.82, 2.24) is 14.8 Å². The molecule has 0 saturated heterocycles. The molecule has 0 saturated carbocycles. The van der Waals surface area contributed by atoms with Gasteiger partial charge in [0, 0.05) is 17.2 Å². The summed E-state index contributed by atoms with van der Waals surface area (Å²) in [6.07, 6.45) is 0. The van der Waals surface area contributed by atoms with Crippen LogP contribution >= 0.6 is 23.5 Å². The van der Waals surface area contributed by atoms with E-state index in [2.05, 4.69) is 52.9 Å². The predicted molar refractivity (Wildman–Crippen MR) is 118 cm³/mol. The van der Waals surface area contributed by atoms with E-state index in [9.17, 15) is 4.79 Å². The van der Waals surface area contributed by atoms with Crippen molar-refractivity contribution in [2.75, 3.05) is 6.61 Å². The van der Waals surface area contributed by atoms with E-state index in [-0.39, 0.29) is 5.97 Å². The Morgan fingerprint density at radius 1 is 0.966 bits per heavy atom. The van der Waals surface area contributed by atoms with E-state index in [0.29, 0.717) is 12.2 Å². The minimum Gasteiger partial charge on any atom is -0.462 e. The number of nitrogens with zero attached hydrogens (tertiary/aromatic N) is 3. The van der Waals surface area contributed by atoms with Crippen LogP contribution in [0.2, 0.25) is 0 Å². The number of thioether (sulfide) groups is 2. The number of aromatic nitrogens is 3. The molecule has 2 aromatic carbocycles. The first-order chi connectivity index (χ1) is 14.1. The zero-order chi connectivity index (χ0) is 20.6. The normalized spacial score (nSPS) is 10.9. The molecular weight excluding hydrogens is 402 g/mol. The highest BCUT2D eigenvalue weighted by atomic mass is 32.2. The Morgan fingerprint density at radius 2 is 1.69 bits per heavy atom. The molecule has 0 amide bonds. The minimum atomic E-state index is -0.284. The van der Waals surface area contributed by atoms with E-state index < -0.39 is 0 Å². The Hall–Kier alpha value is -2.25. The number of rotatable bonds is 9. The number of ether oxygens (including phenoxy) is 1. The van der Waals surface area contributed by atoms with Crippen LogP contribution in [-0.2, 0) is 22.8 Å². The quantitative estimate of drug-likeness (QED) is 0.338. The SMILES string of the molecule is CCOC(=O)c1ccc(CSc2nnc(CSc3ccc(C)cc3)n2CC)cc1. The van der Waals surface area contributed by atoms with Crippen LogP contribution in [0.15, 0.2) is 58.6 Å². The minimum absolute atomic E-state index is 0.284. The summed E-state index contributed by atoms with van der Waals surface area (Å²) in [5, 5.41) is 9.70. The molecule has 7 heteroatoms. The van der Waals surface area contributed by atoms with Gasteiger partial charge >= 0.3 is 5.97 Å². The van der Waals surface area contributed by atoms with E-state index >= 15 is 0 Å². The Kier molecular flexibility index (Phi) is 7.77. The third-order valence-electron chi connectivity index (χ3n) is 4.33. The van der Waals surface area contributed by atoms with Crippen LogP contribution in [-0.4, -0.2) is 27.3 Å². The third kappa shape index (κ3) is 5.87. The molecule has 0 atom stereocenters. The second kappa shape index (κ2) is 10.5. The molecule has 5 nitrogen and oxygen atoms in total. The van der Waals surface area contributed by atoms with Gasteiger partial charge in [0.15, 0.2) is 5.16 Å². The van der Waals surface area contributed by atoms with E-state index in [1.165, 1.54) is 10.5 Å². The Balaban J connectivity index is 1.59. The summed E-state index contributed by atoms with van der Waals surface area (Å²) in [7, 11) is 0. The molecule has 0 aliphatic rings. The highest BCUT2D eigenvalue weighted by Gasteiger charge is 2.12. The van der Waals surface area contributed by atoms with Crippen molar-refractivity contribution in [3.8, 4) is 0 Å². The first kappa shape index (κ1) is 21.5. The van der Waals surface area contributed by atoms with Gasteiger partial charge in [-0.15, -0.1) is 22.0 Å². The lowest BCUT2D eigenvalue weighted by Crippen LogP contribution is -2.04. The number of benzene rings is 2. The smallest absolute Gasteiger partial charge is 0.338 e. The molecule has 3 aromatic rings. The maximum Gasteiger partial charge on any atom is 0.338 e.